The molecule has 0 saturated heterocycles. The van der Waals surface area contributed by atoms with Crippen LogP contribution in [-0.2, 0) is 4.79 Å². The van der Waals surface area contributed by atoms with Gasteiger partial charge in [0.1, 0.15) is 18.1 Å². The van der Waals surface area contributed by atoms with Crippen molar-refractivity contribution < 1.29 is 27.1 Å². The number of carbonyl (C=O) groups excluding carboxylic acids is 1. The summed E-state index contributed by atoms with van der Waals surface area (Å²) in [6.45, 7) is -2.08. The van der Waals surface area contributed by atoms with E-state index in [1.165, 1.54) is 12.1 Å². The van der Waals surface area contributed by atoms with E-state index in [1.807, 2.05) is 0 Å². The maximum absolute atomic E-state index is 13.0. The molecule has 8 heteroatoms. The van der Waals surface area contributed by atoms with Gasteiger partial charge in [0.15, 0.2) is 6.61 Å². The van der Waals surface area contributed by atoms with E-state index < -0.39 is 31.1 Å². The Labute approximate surface area is 99.7 Å². The average molecular weight is 266 g/mol. The largest absolute Gasteiger partial charge is 0.484 e. The van der Waals surface area contributed by atoms with Crippen LogP contribution in [0.25, 0.3) is 0 Å². The maximum Gasteiger partial charge on any atom is 0.405 e. The average Bonchev–Trinajstić information content (AvgIpc) is 2.27. The number of benzene rings is 1. The van der Waals surface area contributed by atoms with E-state index >= 15 is 0 Å². The van der Waals surface area contributed by atoms with Crippen LogP contribution in [0.5, 0.6) is 5.75 Å². The Morgan fingerprint density at radius 2 is 2.06 bits per heavy atom. The first kappa shape index (κ1) is 14.1. The third-order valence-corrected chi connectivity index (χ3v) is 1.83. The van der Waals surface area contributed by atoms with Crippen molar-refractivity contribution in [1.29, 1.82) is 0 Å². The molecule has 0 aliphatic carbocycles. The molecular weight excluding hydrogens is 256 g/mol. The van der Waals surface area contributed by atoms with E-state index in [9.17, 15) is 22.4 Å². The van der Waals surface area contributed by atoms with Crippen LogP contribution in [-0.4, -0.2) is 25.2 Å². The minimum Gasteiger partial charge on any atom is -0.484 e. The molecule has 0 bridgehead atoms. The Bertz CT molecular complexity index is 434. The predicted octanol–water partition coefficient (Wildman–Crippen LogP) is 1.47. The zero-order valence-corrected chi connectivity index (χ0v) is 9.05. The molecule has 0 aliphatic rings. The molecule has 0 fully saturated rings. The summed E-state index contributed by atoms with van der Waals surface area (Å²) in [5, 5.41) is 1.61. The van der Waals surface area contributed by atoms with E-state index in [0.717, 1.165) is 6.07 Å². The predicted molar refractivity (Wildman–Crippen MR) is 55.4 cm³/mol. The first-order valence-corrected chi connectivity index (χ1v) is 4.79. The molecule has 0 radical (unpaired) electrons. The summed E-state index contributed by atoms with van der Waals surface area (Å²) in [5.41, 5.74) is 5.11. The summed E-state index contributed by atoms with van der Waals surface area (Å²) in [5.74, 6) is -1.68. The second-order valence-corrected chi connectivity index (χ2v) is 3.36. The van der Waals surface area contributed by atoms with Gasteiger partial charge >= 0.3 is 6.18 Å². The van der Waals surface area contributed by atoms with Crippen molar-refractivity contribution in [3.63, 3.8) is 0 Å². The van der Waals surface area contributed by atoms with Crippen LogP contribution in [0.3, 0.4) is 0 Å². The second kappa shape index (κ2) is 5.56. The Morgan fingerprint density at radius 3 is 2.61 bits per heavy atom. The van der Waals surface area contributed by atoms with Crippen molar-refractivity contribution in [3.05, 3.63) is 24.0 Å². The number of amides is 1. The molecule has 0 heterocycles. The number of nitrogens with one attached hydrogen (secondary N) is 1. The number of ether oxygens (including phenoxy) is 1. The molecule has 1 amide bonds. The van der Waals surface area contributed by atoms with Gasteiger partial charge in [0, 0.05) is 6.07 Å². The van der Waals surface area contributed by atoms with Gasteiger partial charge in [-0.25, -0.2) is 4.39 Å². The Kier molecular flexibility index (Phi) is 4.35. The fraction of sp³-hybridized carbons (Fsp3) is 0.300. The van der Waals surface area contributed by atoms with Gasteiger partial charge in [-0.2, -0.15) is 13.2 Å². The van der Waals surface area contributed by atoms with Gasteiger partial charge in [0.25, 0.3) is 5.91 Å². The molecule has 0 saturated carbocycles. The Hall–Kier alpha value is -1.99. The first-order chi connectivity index (χ1) is 8.28. The third-order valence-electron chi connectivity index (χ3n) is 1.83. The number of anilines is 1. The number of rotatable bonds is 4. The summed E-state index contributed by atoms with van der Waals surface area (Å²) >= 11 is 0. The standard InChI is InChI=1S/C10H10F4N2O2/c11-7-3-6(1-2-8(7)15)18-4-9(17)16-5-10(12,13)14/h1-3H,4-5,15H2,(H,16,17). The smallest absolute Gasteiger partial charge is 0.405 e. The lowest BCUT2D eigenvalue weighted by Crippen LogP contribution is -2.36. The van der Waals surface area contributed by atoms with Crippen LogP contribution in [0.1, 0.15) is 0 Å². The highest BCUT2D eigenvalue weighted by Crippen LogP contribution is 2.17. The van der Waals surface area contributed by atoms with E-state index in [4.69, 9.17) is 10.5 Å². The summed E-state index contributed by atoms with van der Waals surface area (Å²) in [7, 11) is 0. The van der Waals surface area contributed by atoms with E-state index in [1.54, 1.807) is 5.32 Å². The molecule has 0 aliphatic heterocycles. The summed E-state index contributed by atoms with van der Waals surface area (Å²) in [6.07, 6.45) is -4.48. The van der Waals surface area contributed by atoms with Crippen molar-refractivity contribution in [1.82, 2.24) is 5.32 Å². The summed E-state index contributed by atoms with van der Waals surface area (Å²) in [6, 6.07) is 3.46. The molecule has 0 atom stereocenters. The topological polar surface area (TPSA) is 64.3 Å². The number of nitrogens with two attached hydrogens (primary N) is 1. The quantitative estimate of drug-likeness (QED) is 0.640. The molecule has 1 aromatic carbocycles. The lowest BCUT2D eigenvalue weighted by molar-refractivity contribution is -0.139. The number of alkyl halides is 3. The molecule has 0 aromatic heterocycles. The first-order valence-electron chi connectivity index (χ1n) is 4.79. The van der Waals surface area contributed by atoms with Gasteiger partial charge in [-0.15, -0.1) is 0 Å². The van der Waals surface area contributed by atoms with Crippen LogP contribution in [0, 0.1) is 5.82 Å². The number of halogens is 4. The van der Waals surface area contributed by atoms with Crippen molar-refractivity contribution in [2.75, 3.05) is 18.9 Å². The molecule has 18 heavy (non-hydrogen) atoms. The molecule has 0 unspecified atom stereocenters. The van der Waals surface area contributed by atoms with Crippen LogP contribution in [0.15, 0.2) is 18.2 Å². The number of nitrogen functional groups attached to an aromatic ring is 1. The van der Waals surface area contributed by atoms with Gasteiger partial charge in [0.05, 0.1) is 5.69 Å². The molecule has 1 aromatic rings. The minimum absolute atomic E-state index is 0.00357. The third kappa shape index (κ3) is 4.89. The van der Waals surface area contributed by atoms with Crippen LogP contribution < -0.4 is 15.8 Å². The Morgan fingerprint density at radius 1 is 1.39 bits per heavy atom. The van der Waals surface area contributed by atoms with Gasteiger partial charge < -0.3 is 15.8 Å². The molecular formula is C10H10F4N2O2. The fourth-order valence-electron chi connectivity index (χ4n) is 0.996. The van der Waals surface area contributed by atoms with Gasteiger partial charge in [0.2, 0.25) is 0 Å². The maximum atomic E-state index is 13.0. The normalized spacial score (nSPS) is 11.1. The zero-order chi connectivity index (χ0) is 13.8. The van der Waals surface area contributed by atoms with E-state index in [0.29, 0.717) is 0 Å². The molecule has 100 valence electrons. The number of hydrogen-bond acceptors (Lipinski definition) is 3. The van der Waals surface area contributed by atoms with Crippen molar-refractivity contribution in [2.45, 2.75) is 6.18 Å². The fourth-order valence-corrected chi connectivity index (χ4v) is 0.996. The highest BCUT2D eigenvalue weighted by atomic mass is 19.4. The minimum atomic E-state index is -4.48. The van der Waals surface area contributed by atoms with Gasteiger partial charge in [-0.3, -0.25) is 4.79 Å². The Balaban J connectivity index is 2.40. The lowest BCUT2D eigenvalue weighted by Gasteiger charge is -2.09. The second-order valence-electron chi connectivity index (χ2n) is 3.36. The number of carbonyl (C=O) groups is 1. The van der Waals surface area contributed by atoms with Crippen molar-refractivity contribution >= 4 is 11.6 Å². The summed E-state index contributed by atoms with van der Waals surface area (Å²) < 4.78 is 53.0. The van der Waals surface area contributed by atoms with Gasteiger partial charge in [-0.1, -0.05) is 0 Å². The highest BCUT2D eigenvalue weighted by molar-refractivity contribution is 5.77. The monoisotopic (exact) mass is 266 g/mol. The van der Waals surface area contributed by atoms with Crippen molar-refractivity contribution in [3.8, 4) is 5.75 Å². The molecule has 1 rings (SSSR count). The lowest BCUT2D eigenvalue weighted by atomic mass is 10.3. The van der Waals surface area contributed by atoms with Crippen LogP contribution >= 0.6 is 0 Å². The van der Waals surface area contributed by atoms with Gasteiger partial charge in [-0.05, 0) is 12.1 Å². The zero-order valence-electron chi connectivity index (χ0n) is 9.05. The van der Waals surface area contributed by atoms with Crippen LogP contribution in [0.4, 0.5) is 23.2 Å². The molecule has 3 N–H and O–H groups in total. The van der Waals surface area contributed by atoms with Crippen molar-refractivity contribution in [2.24, 2.45) is 0 Å². The highest BCUT2D eigenvalue weighted by Gasteiger charge is 2.27. The SMILES string of the molecule is Nc1ccc(OCC(=O)NCC(F)(F)F)cc1F. The molecule has 0 spiro atoms. The molecule has 4 nitrogen and oxygen atoms in total. The van der Waals surface area contributed by atoms with Crippen LogP contribution in [0.2, 0.25) is 0 Å². The van der Waals surface area contributed by atoms with E-state index in [-0.39, 0.29) is 11.4 Å². The number of hydrogen-bond donors (Lipinski definition) is 2. The van der Waals surface area contributed by atoms with E-state index in [2.05, 4.69) is 0 Å². The summed E-state index contributed by atoms with van der Waals surface area (Å²) in [4.78, 5) is 11.0.